The molecule has 6 heteroatoms. The number of anilines is 1. The Morgan fingerprint density at radius 1 is 1.31 bits per heavy atom. The lowest BCUT2D eigenvalue weighted by Crippen LogP contribution is -2.13. The van der Waals surface area contributed by atoms with Gasteiger partial charge in [0.1, 0.15) is 0 Å². The third kappa shape index (κ3) is 1.85. The van der Waals surface area contributed by atoms with Crippen LogP contribution in [0.4, 0.5) is 5.69 Å². The van der Waals surface area contributed by atoms with E-state index in [0.29, 0.717) is 5.02 Å². The largest absolute Gasteiger partial charge is 0.396 e. The molecule has 0 fully saturated rings. The molecule has 0 atom stereocenters. The SMILES string of the molecule is NC(=O)c1nn(-c2ccc(Cl)cc2)cc1N. The van der Waals surface area contributed by atoms with E-state index in [0.717, 1.165) is 5.69 Å². The molecule has 0 saturated heterocycles. The van der Waals surface area contributed by atoms with Crippen LogP contribution >= 0.6 is 11.6 Å². The summed E-state index contributed by atoms with van der Waals surface area (Å²) < 4.78 is 1.48. The van der Waals surface area contributed by atoms with Gasteiger partial charge in [0.15, 0.2) is 5.69 Å². The minimum absolute atomic E-state index is 0.0648. The number of nitrogens with zero attached hydrogens (tertiary/aromatic N) is 2. The van der Waals surface area contributed by atoms with Gasteiger partial charge < -0.3 is 11.5 Å². The smallest absolute Gasteiger partial charge is 0.271 e. The number of benzene rings is 1. The van der Waals surface area contributed by atoms with Crippen LogP contribution in [0, 0.1) is 0 Å². The van der Waals surface area contributed by atoms with Gasteiger partial charge in [-0.15, -0.1) is 0 Å². The highest BCUT2D eigenvalue weighted by atomic mass is 35.5. The number of rotatable bonds is 2. The average molecular weight is 237 g/mol. The fourth-order valence-corrected chi connectivity index (χ4v) is 1.43. The number of nitrogens with two attached hydrogens (primary N) is 2. The molecular weight excluding hydrogens is 228 g/mol. The van der Waals surface area contributed by atoms with E-state index >= 15 is 0 Å². The van der Waals surface area contributed by atoms with E-state index in [1.165, 1.54) is 10.9 Å². The van der Waals surface area contributed by atoms with Gasteiger partial charge in [-0.05, 0) is 24.3 Å². The van der Waals surface area contributed by atoms with Gasteiger partial charge in [0.25, 0.3) is 5.91 Å². The molecule has 1 amide bonds. The lowest BCUT2D eigenvalue weighted by Gasteiger charge is -1.99. The van der Waals surface area contributed by atoms with E-state index < -0.39 is 5.91 Å². The summed E-state index contributed by atoms with van der Waals surface area (Å²) in [5.74, 6) is -0.648. The monoisotopic (exact) mass is 236 g/mol. The van der Waals surface area contributed by atoms with Gasteiger partial charge in [0, 0.05) is 5.02 Å². The number of amides is 1. The van der Waals surface area contributed by atoms with Gasteiger partial charge in [-0.25, -0.2) is 4.68 Å². The van der Waals surface area contributed by atoms with E-state index in [1.54, 1.807) is 24.3 Å². The Labute approximate surface area is 96.6 Å². The first kappa shape index (κ1) is 10.5. The Balaban J connectivity index is 2.45. The second-order valence-electron chi connectivity index (χ2n) is 3.22. The molecule has 1 aromatic carbocycles. The zero-order chi connectivity index (χ0) is 11.7. The van der Waals surface area contributed by atoms with Crippen LogP contribution in [0.5, 0.6) is 0 Å². The van der Waals surface area contributed by atoms with Crippen molar-refractivity contribution in [3.05, 3.63) is 41.2 Å². The third-order valence-corrected chi connectivity index (χ3v) is 2.32. The molecule has 16 heavy (non-hydrogen) atoms. The predicted octanol–water partition coefficient (Wildman–Crippen LogP) is 1.21. The number of aromatic nitrogens is 2. The predicted molar refractivity (Wildman–Crippen MR) is 61.5 cm³/mol. The van der Waals surface area contributed by atoms with Crippen molar-refractivity contribution in [3.63, 3.8) is 0 Å². The highest BCUT2D eigenvalue weighted by Crippen LogP contribution is 2.16. The molecule has 1 heterocycles. The summed E-state index contributed by atoms with van der Waals surface area (Å²) in [4.78, 5) is 11.0. The molecule has 0 aliphatic rings. The summed E-state index contributed by atoms with van der Waals surface area (Å²) in [6.45, 7) is 0. The number of nitrogen functional groups attached to an aromatic ring is 1. The van der Waals surface area contributed by atoms with Gasteiger partial charge in [0.05, 0.1) is 17.6 Å². The summed E-state index contributed by atoms with van der Waals surface area (Å²) >= 11 is 5.76. The van der Waals surface area contributed by atoms with Crippen molar-refractivity contribution in [1.29, 1.82) is 0 Å². The standard InChI is InChI=1S/C10H9ClN4O/c11-6-1-3-7(4-2-6)15-5-8(12)9(14-15)10(13)16/h1-5H,12H2,(H2,13,16). The number of carbonyl (C=O) groups is 1. The van der Waals surface area contributed by atoms with Crippen molar-refractivity contribution in [3.8, 4) is 5.69 Å². The minimum atomic E-state index is -0.648. The summed E-state index contributed by atoms with van der Waals surface area (Å²) in [7, 11) is 0. The maximum absolute atomic E-state index is 11.0. The van der Waals surface area contributed by atoms with Crippen molar-refractivity contribution in [2.45, 2.75) is 0 Å². The van der Waals surface area contributed by atoms with Gasteiger partial charge in [0.2, 0.25) is 0 Å². The molecule has 0 saturated carbocycles. The first-order valence-electron chi connectivity index (χ1n) is 4.49. The molecule has 4 N–H and O–H groups in total. The van der Waals surface area contributed by atoms with Crippen LogP contribution in [0.2, 0.25) is 5.02 Å². The molecule has 0 radical (unpaired) electrons. The molecule has 0 bridgehead atoms. The Kier molecular flexibility index (Phi) is 2.54. The van der Waals surface area contributed by atoms with E-state index in [2.05, 4.69) is 5.10 Å². The lowest BCUT2D eigenvalue weighted by atomic mass is 10.3. The Morgan fingerprint density at radius 2 is 1.94 bits per heavy atom. The Morgan fingerprint density at radius 3 is 2.44 bits per heavy atom. The number of primary amides is 1. The van der Waals surface area contributed by atoms with Crippen molar-refractivity contribution in [1.82, 2.24) is 9.78 Å². The molecule has 0 spiro atoms. The van der Waals surface area contributed by atoms with E-state index in [1.807, 2.05) is 0 Å². The van der Waals surface area contributed by atoms with Crippen LogP contribution in [-0.2, 0) is 0 Å². The molecule has 0 unspecified atom stereocenters. The highest BCUT2D eigenvalue weighted by molar-refractivity contribution is 6.30. The van der Waals surface area contributed by atoms with Crippen molar-refractivity contribution < 1.29 is 4.79 Å². The van der Waals surface area contributed by atoms with E-state index in [-0.39, 0.29) is 11.4 Å². The number of halogens is 1. The van der Waals surface area contributed by atoms with Gasteiger partial charge >= 0.3 is 0 Å². The topological polar surface area (TPSA) is 86.9 Å². The van der Waals surface area contributed by atoms with E-state index in [9.17, 15) is 4.79 Å². The molecule has 1 aromatic heterocycles. The zero-order valence-corrected chi connectivity index (χ0v) is 8.98. The lowest BCUT2D eigenvalue weighted by molar-refractivity contribution is 0.0996. The van der Waals surface area contributed by atoms with Crippen molar-refractivity contribution in [2.75, 3.05) is 5.73 Å². The Hall–Kier alpha value is -2.01. The van der Waals surface area contributed by atoms with Crippen LogP contribution in [0.1, 0.15) is 10.5 Å². The van der Waals surface area contributed by atoms with Crippen molar-refractivity contribution in [2.24, 2.45) is 5.73 Å². The average Bonchev–Trinajstić information content (AvgIpc) is 2.61. The molecule has 82 valence electrons. The van der Waals surface area contributed by atoms with Gasteiger partial charge in [-0.3, -0.25) is 4.79 Å². The second kappa shape index (κ2) is 3.86. The maximum atomic E-state index is 11.0. The maximum Gasteiger partial charge on any atom is 0.271 e. The number of hydrogen-bond donors (Lipinski definition) is 2. The molecule has 2 rings (SSSR count). The molecule has 0 aliphatic carbocycles. The van der Waals surface area contributed by atoms with Crippen LogP contribution in [0.25, 0.3) is 5.69 Å². The normalized spacial score (nSPS) is 10.3. The fraction of sp³-hybridized carbons (Fsp3) is 0. The fourth-order valence-electron chi connectivity index (χ4n) is 1.30. The van der Waals surface area contributed by atoms with Crippen LogP contribution < -0.4 is 11.5 Å². The van der Waals surface area contributed by atoms with Crippen LogP contribution in [0.3, 0.4) is 0 Å². The third-order valence-electron chi connectivity index (χ3n) is 2.07. The quantitative estimate of drug-likeness (QED) is 0.822. The Bertz CT molecular complexity index is 532. The van der Waals surface area contributed by atoms with Gasteiger partial charge in [-0.1, -0.05) is 11.6 Å². The molecule has 2 aromatic rings. The summed E-state index contributed by atoms with van der Waals surface area (Å²) in [5, 5.41) is 4.61. The van der Waals surface area contributed by atoms with Crippen LogP contribution in [-0.4, -0.2) is 15.7 Å². The van der Waals surface area contributed by atoms with E-state index in [4.69, 9.17) is 23.1 Å². The number of carbonyl (C=O) groups excluding carboxylic acids is 1. The zero-order valence-electron chi connectivity index (χ0n) is 8.22. The summed E-state index contributed by atoms with van der Waals surface area (Å²) in [6, 6.07) is 6.97. The molecule has 5 nitrogen and oxygen atoms in total. The first-order valence-corrected chi connectivity index (χ1v) is 4.86. The summed E-state index contributed by atoms with van der Waals surface area (Å²) in [6.07, 6.45) is 1.53. The van der Waals surface area contributed by atoms with Gasteiger partial charge in [-0.2, -0.15) is 5.10 Å². The highest BCUT2D eigenvalue weighted by Gasteiger charge is 2.11. The van der Waals surface area contributed by atoms with Crippen LogP contribution in [0.15, 0.2) is 30.5 Å². The molecule has 0 aliphatic heterocycles. The minimum Gasteiger partial charge on any atom is -0.396 e. The molecular formula is C10H9ClN4O. The number of hydrogen-bond acceptors (Lipinski definition) is 3. The summed E-state index contributed by atoms with van der Waals surface area (Å²) in [5.41, 5.74) is 11.8. The second-order valence-corrected chi connectivity index (χ2v) is 3.65. The van der Waals surface area contributed by atoms with Crippen molar-refractivity contribution >= 4 is 23.2 Å². The first-order chi connectivity index (χ1) is 7.58.